The minimum atomic E-state index is -0.358. The molecule has 8 heteroatoms. The number of H-pyrrole nitrogens is 1. The fraction of sp³-hybridized carbons (Fsp3) is 0.500. The van der Waals surface area contributed by atoms with E-state index < -0.39 is 0 Å². The van der Waals surface area contributed by atoms with Gasteiger partial charge in [-0.25, -0.2) is 4.98 Å². The number of nitrogens with one attached hydrogen (secondary N) is 1. The zero-order valence-electron chi connectivity index (χ0n) is 14.5. The number of fused-ring (bicyclic) bond motifs is 1. The lowest BCUT2D eigenvalue weighted by atomic mass is 9.97. The van der Waals surface area contributed by atoms with E-state index in [2.05, 4.69) is 32.5 Å². The van der Waals surface area contributed by atoms with Crippen molar-refractivity contribution in [1.29, 1.82) is 0 Å². The maximum atomic E-state index is 13.9. The number of alkyl halides is 1. The third-order valence-electron chi connectivity index (χ3n) is 5.51. The molecule has 1 aliphatic carbocycles. The van der Waals surface area contributed by atoms with Crippen LogP contribution in [0.1, 0.15) is 25.3 Å². The number of pyridine rings is 1. The van der Waals surface area contributed by atoms with Crippen molar-refractivity contribution in [3.63, 3.8) is 0 Å². The number of morpholine rings is 1. The van der Waals surface area contributed by atoms with Gasteiger partial charge in [0.15, 0.2) is 0 Å². The molecule has 2 aliphatic rings. The summed E-state index contributed by atoms with van der Waals surface area (Å²) in [5.74, 6) is 0.893. The van der Waals surface area contributed by atoms with Crippen molar-refractivity contribution in [2.75, 3.05) is 31.3 Å². The molecule has 4 heterocycles. The second-order valence-electron chi connectivity index (χ2n) is 7.24. The number of aromatic nitrogens is 4. The number of halogens is 1. The minimum absolute atomic E-state index is 0.240. The van der Waals surface area contributed by atoms with E-state index in [0.29, 0.717) is 13.2 Å². The fourth-order valence-electron chi connectivity index (χ4n) is 3.71. The van der Waals surface area contributed by atoms with Crippen LogP contribution in [-0.2, 0) is 10.2 Å². The largest absolute Gasteiger partial charge is 0.377 e. The highest BCUT2D eigenvalue weighted by atomic mass is 32.1. The van der Waals surface area contributed by atoms with E-state index >= 15 is 0 Å². The molecule has 1 N–H and O–H groups in total. The van der Waals surface area contributed by atoms with Gasteiger partial charge >= 0.3 is 0 Å². The summed E-state index contributed by atoms with van der Waals surface area (Å²) in [7, 11) is 0. The van der Waals surface area contributed by atoms with Crippen molar-refractivity contribution < 1.29 is 9.13 Å². The maximum Gasteiger partial charge on any atom is 0.130 e. The molecule has 6 nitrogen and oxygen atoms in total. The number of anilines is 1. The quantitative estimate of drug-likeness (QED) is 0.760. The zero-order chi connectivity index (χ0) is 17.7. The number of hydrogen-bond acceptors (Lipinski definition) is 6. The first-order chi connectivity index (χ1) is 12.7. The summed E-state index contributed by atoms with van der Waals surface area (Å²) in [5, 5.41) is 7.01. The maximum absolute atomic E-state index is 13.9. The van der Waals surface area contributed by atoms with E-state index in [-0.39, 0.29) is 18.1 Å². The number of nitrogens with zero attached hydrogens (tertiary/aromatic N) is 4. The summed E-state index contributed by atoms with van der Waals surface area (Å²) in [6.45, 7) is 3.95. The molecule has 3 aromatic rings. The Bertz CT molecular complexity index is 937. The molecule has 1 saturated heterocycles. The molecule has 0 unspecified atom stereocenters. The van der Waals surface area contributed by atoms with Crippen LogP contribution in [0, 0.1) is 0 Å². The van der Waals surface area contributed by atoms with Crippen molar-refractivity contribution in [3.8, 4) is 11.4 Å². The smallest absolute Gasteiger partial charge is 0.130 e. The Morgan fingerprint density at radius 2 is 2.35 bits per heavy atom. The molecule has 0 amide bonds. The van der Waals surface area contributed by atoms with Gasteiger partial charge in [0.2, 0.25) is 0 Å². The van der Waals surface area contributed by atoms with Crippen LogP contribution in [-0.4, -0.2) is 52.0 Å². The Balaban J connectivity index is 1.72. The fourth-order valence-corrected chi connectivity index (χ4v) is 4.68. The zero-order valence-corrected chi connectivity index (χ0v) is 15.4. The van der Waals surface area contributed by atoms with E-state index in [1.807, 2.05) is 6.07 Å². The van der Waals surface area contributed by atoms with E-state index in [9.17, 15) is 4.39 Å². The lowest BCUT2D eigenvalue weighted by Crippen LogP contribution is -2.44. The Kier molecular flexibility index (Phi) is 3.72. The highest BCUT2D eigenvalue weighted by molar-refractivity contribution is 7.13. The normalized spacial score (nSPS) is 22.1. The van der Waals surface area contributed by atoms with E-state index in [1.54, 1.807) is 6.20 Å². The third-order valence-corrected chi connectivity index (χ3v) is 6.38. The van der Waals surface area contributed by atoms with Gasteiger partial charge in [-0.15, -0.1) is 0 Å². The van der Waals surface area contributed by atoms with Crippen molar-refractivity contribution in [2.45, 2.75) is 31.2 Å². The first kappa shape index (κ1) is 16.1. The Morgan fingerprint density at radius 1 is 1.46 bits per heavy atom. The van der Waals surface area contributed by atoms with Crippen molar-refractivity contribution >= 4 is 27.6 Å². The van der Waals surface area contributed by atoms with E-state index in [1.165, 1.54) is 11.5 Å². The Hall–Kier alpha value is -2.06. The summed E-state index contributed by atoms with van der Waals surface area (Å²) in [6.07, 6.45) is 3.48. The number of ether oxygens (including phenoxy) is 1. The Labute approximate surface area is 154 Å². The molecule has 0 aromatic carbocycles. The molecule has 1 atom stereocenters. The first-order valence-electron chi connectivity index (χ1n) is 8.93. The van der Waals surface area contributed by atoms with Gasteiger partial charge in [-0.2, -0.15) is 9.47 Å². The molecule has 1 saturated carbocycles. The van der Waals surface area contributed by atoms with Crippen LogP contribution in [0.15, 0.2) is 18.3 Å². The molecule has 0 bridgehead atoms. The van der Waals surface area contributed by atoms with Gasteiger partial charge in [0, 0.05) is 18.2 Å². The standard InChI is InChI=1S/C18H20FN5OS/c1-11-9-25-7-6-24(11)14-8-12(18(10-19)3-4-18)17-16(21-14)15(23-26-17)13-2-5-20-22-13/h2,5,8,11H,3-4,6-7,9-10H2,1H3,(H,20,22)/t11-/m1/s1. The second kappa shape index (κ2) is 5.99. The lowest BCUT2D eigenvalue weighted by Gasteiger charge is -2.34. The molecule has 136 valence electrons. The van der Waals surface area contributed by atoms with E-state index in [0.717, 1.165) is 52.4 Å². The summed E-state index contributed by atoms with van der Waals surface area (Å²) < 4.78 is 25.1. The predicted molar refractivity (Wildman–Crippen MR) is 99.5 cm³/mol. The molecule has 0 radical (unpaired) electrons. The molecule has 0 spiro atoms. The molecule has 2 fully saturated rings. The average molecular weight is 373 g/mol. The van der Waals surface area contributed by atoms with Gasteiger partial charge < -0.3 is 9.64 Å². The molecular weight excluding hydrogens is 353 g/mol. The van der Waals surface area contributed by atoms with Crippen LogP contribution in [0.4, 0.5) is 10.2 Å². The van der Waals surface area contributed by atoms with Gasteiger partial charge in [-0.05, 0) is 49.0 Å². The predicted octanol–water partition coefficient (Wildman–Crippen LogP) is 3.31. The summed E-state index contributed by atoms with van der Waals surface area (Å²) in [5.41, 5.74) is 3.17. The van der Waals surface area contributed by atoms with Gasteiger partial charge in [0.05, 0.1) is 36.3 Å². The first-order valence-corrected chi connectivity index (χ1v) is 9.70. The highest BCUT2D eigenvalue weighted by Crippen LogP contribution is 2.52. The van der Waals surface area contributed by atoms with Crippen LogP contribution in [0.25, 0.3) is 21.6 Å². The SMILES string of the molecule is C[C@@H]1COCCN1c1cc(C2(CF)CC2)c2snc(-c3ccn[nH]3)c2n1. The topological polar surface area (TPSA) is 66.9 Å². The van der Waals surface area contributed by atoms with Crippen molar-refractivity contribution in [3.05, 3.63) is 23.9 Å². The van der Waals surface area contributed by atoms with Crippen molar-refractivity contribution in [1.82, 2.24) is 19.6 Å². The van der Waals surface area contributed by atoms with Crippen LogP contribution in [0.5, 0.6) is 0 Å². The number of hydrogen-bond donors (Lipinski definition) is 1. The number of aromatic amines is 1. The lowest BCUT2D eigenvalue weighted by molar-refractivity contribution is 0.0985. The van der Waals surface area contributed by atoms with E-state index in [4.69, 9.17) is 9.72 Å². The van der Waals surface area contributed by atoms with Gasteiger partial charge in [0.1, 0.15) is 17.0 Å². The third kappa shape index (κ3) is 2.43. The van der Waals surface area contributed by atoms with Gasteiger partial charge in [-0.1, -0.05) is 0 Å². The van der Waals surface area contributed by atoms with Crippen LogP contribution < -0.4 is 4.90 Å². The molecule has 26 heavy (non-hydrogen) atoms. The monoisotopic (exact) mass is 373 g/mol. The highest BCUT2D eigenvalue weighted by Gasteiger charge is 2.46. The van der Waals surface area contributed by atoms with Gasteiger partial charge in [-0.3, -0.25) is 9.49 Å². The average Bonchev–Trinajstić information content (AvgIpc) is 3.06. The summed E-state index contributed by atoms with van der Waals surface area (Å²) in [4.78, 5) is 7.21. The molecule has 5 rings (SSSR count). The van der Waals surface area contributed by atoms with Crippen molar-refractivity contribution in [2.24, 2.45) is 0 Å². The summed E-state index contributed by atoms with van der Waals surface area (Å²) >= 11 is 1.41. The molecule has 1 aliphatic heterocycles. The second-order valence-corrected chi connectivity index (χ2v) is 8.01. The molecule has 3 aromatic heterocycles. The molecular formula is C18H20FN5OS. The van der Waals surface area contributed by atoms with Crippen LogP contribution in [0.2, 0.25) is 0 Å². The Morgan fingerprint density at radius 3 is 3.04 bits per heavy atom. The summed E-state index contributed by atoms with van der Waals surface area (Å²) in [6, 6.07) is 4.22. The number of rotatable bonds is 4. The van der Waals surface area contributed by atoms with Crippen LogP contribution >= 0.6 is 11.5 Å². The van der Waals surface area contributed by atoms with Gasteiger partial charge in [0.25, 0.3) is 0 Å². The minimum Gasteiger partial charge on any atom is -0.377 e. The van der Waals surface area contributed by atoms with Crippen LogP contribution in [0.3, 0.4) is 0 Å².